The molecule has 2 fully saturated rings. The van der Waals surface area contributed by atoms with Gasteiger partial charge in [0.05, 0.1) is 13.3 Å². The largest absolute Gasteiger partial charge is 0.467 e. The summed E-state index contributed by atoms with van der Waals surface area (Å²) in [5, 5.41) is 2.92. The van der Waals surface area contributed by atoms with Crippen molar-refractivity contribution in [2.24, 2.45) is 17.8 Å². The van der Waals surface area contributed by atoms with E-state index in [1.54, 1.807) is 18.5 Å². The van der Waals surface area contributed by atoms with Crippen LogP contribution in [0.15, 0.2) is 36.8 Å². The van der Waals surface area contributed by atoms with Crippen LogP contribution in [0.3, 0.4) is 0 Å². The number of rotatable bonds is 7. The van der Waals surface area contributed by atoms with Crippen molar-refractivity contribution >= 4 is 17.8 Å². The van der Waals surface area contributed by atoms with Crippen molar-refractivity contribution in [3.05, 3.63) is 48.2 Å². The minimum atomic E-state index is -0.425. The minimum absolute atomic E-state index is 0.105. The molecule has 1 aliphatic carbocycles. The van der Waals surface area contributed by atoms with Crippen LogP contribution in [0.1, 0.15) is 12.0 Å². The number of fused-ring (bicyclic) bond motifs is 1. The number of anilines is 1. The lowest BCUT2D eigenvalue weighted by molar-refractivity contribution is -0.116. The summed E-state index contributed by atoms with van der Waals surface area (Å²) in [5.41, 5.74) is 0.892. The summed E-state index contributed by atoms with van der Waals surface area (Å²) >= 11 is 0. The van der Waals surface area contributed by atoms with Crippen LogP contribution in [0.4, 0.5) is 10.2 Å². The summed E-state index contributed by atoms with van der Waals surface area (Å²) in [7, 11) is 1.47. The van der Waals surface area contributed by atoms with E-state index in [0.717, 1.165) is 31.3 Å². The van der Waals surface area contributed by atoms with E-state index in [2.05, 4.69) is 20.3 Å². The third kappa shape index (κ3) is 3.95. The standard InChI is InChI=1S/C20H22FN5O2/c1-28-20-24-10-17(21)19(25-20)26-11-15-14(16(15)12-26)6-8-23-18(27)5-4-13-3-2-7-22-9-13/h2-5,7,9-10,14-16H,6,8,11-12H2,1H3,(H,23,27)/b5-4+. The molecule has 28 heavy (non-hydrogen) atoms. The maximum atomic E-state index is 14.0. The van der Waals surface area contributed by atoms with Gasteiger partial charge in [0, 0.05) is 38.1 Å². The number of carbonyl (C=O) groups is 1. The van der Waals surface area contributed by atoms with Crippen LogP contribution in [0.25, 0.3) is 6.08 Å². The first-order valence-electron chi connectivity index (χ1n) is 9.33. The quantitative estimate of drug-likeness (QED) is 0.736. The van der Waals surface area contributed by atoms with Gasteiger partial charge in [0.25, 0.3) is 0 Å². The van der Waals surface area contributed by atoms with Crippen LogP contribution in [-0.2, 0) is 4.79 Å². The zero-order valence-corrected chi connectivity index (χ0v) is 15.6. The smallest absolute Gasteiger partial charge is 0.318 e. The number of ether oxygens (including phenoxy) is 1. The fourth-order valence-electron chi connectivity index (χ4n) is 3.98. The number of nitrogens with one attached hydrogen (secondary N) is 1. The van der Waals surface area contributed by atoms with Crippen LogP contribution < -0.4 is 15.0 Å². The van der Waals surface area contributed by atoms with Crippen LogP contribution in [0, 0.1) is 23.6 Å². The Bertz CT molecular complexity index is 864. The summed E-state index contributed by atoms with van der Waals surface area (Å²) in [6.07, 6.45) is 8.76. The number of aromatic nitrogens is 3. The second-order valence-electron chi connectivity index (χ2n) is 7.12. The van der Waals surface area contributed by atoms with Crippen molar-refractivity contribution in [1.29, 1.82) is 0 Å². The number of hydrogen-bond acceptors (Lipinski definition) is 6. The van der Waals surface area contributed by atoms with Crippen LogP contribution in [0.5, 0.6) is 6.01 Å². The molecule has 1 saturated heterocycles. The summed E-state index contributed by atoms with van der Waals surface area (Å²) in [5.74, 6) is 1.42. The number of halogens is 1. The van der Waals surface area contributed by atoms with Gasteiger partial charge in [-0.15, -0.1) is 0 Å². The van der Waals surface area contributed by atoms with Crippen LogP contribution >= 0.6 is 0 Å². The van der Waals surface area contributed by atoms with Gasteiger partial charge in [0.1, 0.15) is 0 Å². The van der Waals surface area contributed by atoms with Gasteiger partial charge in [-0.05, 0) is 41.9 Å². The van der Waals surface area contributed by atoms with Crippen LogP contribution in [0.2, 0.25) is 0 Å². The number of amides is 1. The van der Waals surface area contributed by atoms with Gasteiger partial charge in [0.2, 0.25) is 5.91 Å². The lowest BCUT2D eigenvalue weighted by atomic mass is 10.2. The summed E-state index contributed by atoms with van der Waals surface area (Å²) in [6, 6.07) is 3.90. The highest BCUT2D eigenvalue weighted by molar-refractivity contribution is 5.91. The number of nitrogens with zero attached hydrogens (tertiary/aromatic N) is 4. The van der Waals surface area contributed by atoms with Gasteiger partial charge in [-0.3, -0.25) is 9.78 Å². The molecular formula is C20H22FN5O2. The van der Waals surface area contributed by atoms with Crippen molar-refractivity contribution in [3.63, 3.8) is 0 Å². The zero-order valence-electron chi connectivity index (χ0n) is 15.6. The molecule has 1 aliphatic heterocycles. The number of pyridine rings is 1. The summed E-state index contributed by atoms with van der Waals surface area (Å²) in [6.45, 7) is 2.20. The van der Waals surface area contributed by atoms with Gasteiger partial charge in [-0.2, -0.15) is 4.98 Å². The normalized spacial score (nSPS) is 22.9. The highest BCUT2D eigenvalue weighted by Crippen LogP contribution is 2.54. The topological polar surface area (TPSA) is 80.2 Å². The van der Waals surface area contributed by atoms with E-state index in [9.17, 15) is 9.18 Å². The molecular weight excluding hydrogens is 361 g/mol. The number of methoxy groups -OCH3 is 1. The van der Waals surface area contributed by atoms with Gasteiger partial charge in [0.15, 0.2) is 11.6 Å². The van der Waals surface area contributed by atoms with E-state index in [4.69, 9.17) is 4.74 Å². The van der Waals surface area contributed by atoms with Crippen molar-refractivity contribution in [2.75, 3.05) is 31.6 Å². The second kappa shape index (κ2) is 7.92. The van der Waals surface area contributed by atoms with Crippen LogP contribution in [-0.4, -0.2) is 47.6 Å². The van der Waals surface area contributed by atoms with E-state index in [0.29, 0.717) is 30.1 Å². The third-order valence-electron chi connectivity index (χ3n) is 5.45. The van der Waals surface area contributed by atoms with E-state index in [1.165, 1.54) is 13.2 Å². The molecule has 7 nitrogen and oxygen atoms in total. The molecule has 0 aromatic carbocycles. The predicted molar refractivity (Wildman–Crippen MR) is 102 cm³/mol. The second-order valence-corrected chi connectivity index (χ2v) is 7.12. The molecule has 3 heterocycles. The molecule has 1 amide bonds. The first kappa shape index (κ1) is 18.3. The molecule has 0 bridgehead atoms. The Balaban J connectivity index is 1.21. The van der Waals surface area contributed by atoms with Gasteiger partial charge < -0.3 is 15.0 Å². The maximum Gasteiger partial charge on any atom is 0.318 e. The van der Waals surface area contributed by atoms with Crippen molar-refractivity contribution in [3.8, 4) is 6.01 Å². The lowest BCUT2D eigenvalue weighted by Crippen LogP contribution is -2.28. The summed E-state index contributed by atoms with van der Waals surface area (Å²) in [4.78, 5) is 25.8. The summed E-state index contributed by atoms with van der Waals surface area (Å²) < 4.78 is 19.0. The van der Waals surface area contributed by atoms with Crippen molar-refractivity contribution in [1.82, 2.24) is 20.3 Å². The van der Waals surface area contributed by atoms with Crippen molar-refractivity contribution < 1.29 is 13.9 Å². The van der Waals surface area contributed by atoms with E-state index in [-0.39, 0.29) is 11.9 Å². The Morgan fingerprint density at radius 3 is 2.93 bits per heavy atom. The first-order chi connectivity index (χ1) is 13.7. The van der Waals surface area contributed by atoms with E-state index < -0.39 is 5.82 Å². The molecule has 2 aromatic heterocycles. The molecule has 8 heteroatoms. The Morgan fingerprint density at radius 2 is 2.21 bits per heavy atom. The molecule has 0 radical (unpaired) electrons. The van der Waals surface area contributed by atoms with E-state index in [1.807, 2.05) is 17.0 Å². The number of hydrogen-bond donors (Lipinski definition) is 1. The highest BCUT2D eigenvalue weighted by atomic mass is 19.1. The zero-order chi connectivity index (χ0) is 19.5. The molecule has 4 rings (SSSR count). The molecule has 2 aromatic rings. The first-order valence-corrected chi connectivity index (χ1v) is 9.33. The Labute approximate surface area is 162 Å². The lowest BCUT2D eigenvalue weighted by Gasteiger charge is -2.21. The molecule has 1 N–H and O–H groups in total. The molecule has 1 saturated carbocycles. The maximum absolute atomic E-state index is 14.0. The Kier molecular flexibility index (Phi) is 5.18. The van der Waals surface area contributed by atoms with Crippen molar-refractivity contribution in [2.45, 2.75) is 6.42 Å². The fraction of sp³-hybridized carbons (Fsp3) is 0.400. The Hall–Kier alpha value is -3.03. The van der Waals surface area contributed by atoms with Gasteiger partial charge in [-0.1, -0.05) is 6.07 Å². The SMILES string of the molecule is COc1ncc(F)c(N2CC3C(CCNC(=O)/C=C/c4cccnc4)C3C2)n1. The molecule has 2 atom stereocenters. The molecule has 146 valence electrons. The van der Waals surface area contributed by atoms with Gasteiger partial charge in [-0.25, -0.2) is 9.37 Å². The minimum Gasteiger partial charge on any atom is -0.467 e. The fourth-order valence-corrected chi connectivity index (χ4v) is 3.98. The van der Waals surface area contributed by atoms with Gasteiger partial charge >= 0.3 is 6.01 Å². The monoisotopic (exact) mass is 383 g/mol. The predicted octanol–water partition coefficient (Wildman–Crippen LogP) is 1.92. The highest BCUT2D eigenvalue weighted by Gasteiger charge is 2.55. The average Bonchev–Trinajstić information content (AvgIpc) is 3.16. The Morgan fingerprint density at radius 1 is 1.39 bits per heavy atom. The molecule has 0 spiro atoms. The molecule has 2 aliphatic rings. The third-order valence-corrected chi connectivity index (χ3v) is 5.45. The number of piperidine rings is 1. The number of carbonyl (C=O) groups excluding carboxylic acids is 1. The molecule has 2 unspecified atom stereocenters. The average molecular weight is 383 g/mol. The van der Waals surface area contributed by atoms with E-state index >= 15 is 0 Å².